The van der Waals surface area contributed by atoms with Crippen molar-refractivity contribution >= 4 is 22.0 Å². The number of nitrogens with zero attached hydrogens (tertiary/aromatic N) is 2. The normalized spacial score (nSPS) is 15.9. The van der Waals surface area contributed by atoms with Crippen LogP contribution < -0.4 is 4.72 Å². The lowest BCUT2D eigenvalue weighted by Crippen LogP contribution is -2.41. The molecule has 1 aromatic heterocycles. The molecule has 7 heteroatoms. The van der Waals surface area contributed by atoms with E-state index in [0.717, 1.165) is 18.4 Å². The van der Waals surface area contributed by atoms with Crippen LogP contribution in [-0.4, -0.2) is 43.8 Å². The number of amides is 1. The highest BCUT2D eigenvalue weighted by molar-refractivity contribution is 7.92. The predicted molar refractivity (Wildman–Crippen MR) is 105 cm³/mol. The van der Waals surface area contributed by atoms with E-state index in [4.69, 9.17) is 0 Å². The van der Waals surface area contributed by atoms with Gasteiger partial charge >= 0.3 is 0 Å². The minimum Gasteiger partial charge on any atom is -0.339 e. The molecular weight excluding hydrogens is 362 g/mol. The van der Waals surface area contributed by atoms with Crippen LogP contribution in [0.3, 0.4) is 0 Å². The van der Waals surface area contributed by atoms with E-state index in [0.29, 0.717) is 25.2 Å². The summed E-state index contributed by atoms with van der Waals surface area (Å²) < 4.78 is 26.9. The van der Waals surface area contributed by atoms with Gasteiger partial charge in [-0.3, -0.25) is 9.78 Å². The number of carbonyl (C=O) groups is 1. The number of hydrogen-bond acceptors (Lipinski definition) is 4. The van der Waals surface area contributed by atoms with Crippen LogP contribution in [0.1, 0.15) is 28.8 Å². The van der Waals surface area contributed by atoms with E-state index >= 15 is 0 Å². The van der Waals surface area contributed by atoms with Crippen LogP contribution in [0.2, 0.25) is 0 Å². The molecule has 0 atom stereocenters. The molecule has 0 aliphatic carbocycles. The molecule has 0 saturated carbocycles. The maximum absolute atomic E-state index is 12.4. The Morgan fingerprint density at radius 1 is 1.15 bits per heavy atom. The summed E-state index contributed by atoms with van der Waals surface area (Å²) in [6.07, 6.45) is 6.34. The van der Waals surface area contributed by atoms with Gasteiger partial charge in [0, 0.05) is 37.4 Å². The second kappa shape index (κ2) is 8.92. The monoisotopic (exact) mass is 385 g/mol. The number of likely N-dealkylation sites (tertiary alicyclic amines) is 1. The van der Waals surface area contributed by atoms with Crippen LogP contribution in [-0.2, 0) is 10.0 Å². The van der Waals surface area contributed by atoms with E-state index in [2.05, 4.69) is 9.71 Å². The van der Waals surface area contributed by atoms with E-state index < -0.39 is 10.0 Å². The third kappa shape index (κ3) is 5.74. The fourth-order valence-corrected chi connectivity index (χ4v) is 3.93. The van der Waals surface area contributed by atoms with Crippen molar-refractivity contribution in [2.24, 2.45) is 5.92 Å². The van der Waals surface area contributed by atoms with Crippen molar-refractivity contribution < 1.29 is 13.2 Å². The number of pyridine rings is 1. The van der Waals surface area contributed by atoms with Gasteiger partial charge in [0.25, 0.3) is 5.91 Å². The molecule has 2 aromatic rings. The first-order valence-corrected chi connectivity index (χ1v) is 10.5. The third-order valence-corrected chi connectivity index (χ3v) is 5.69. The molecule has 2 heterocycles. The van der Waals surface area contributed by atoms with E-state index in [1.807, 2.05) is 30.3 Å². The number of sulfonamides is 1. The Morgan fingerprint density at radius 2 is 1.89 bits per heavy atom. The van der Waals surface area contributed by atoms with Gasteiger partial charge in [-0.05, 0) is 42.5 Å². The zero-order chi connectivity index (χ0) is 19.1. The molecule has 0 spiro atoms. The fourth-order valence-electron chi connectivity index (χ4n) is 3.03. The third-order valence-electron chi connectivity index (χ3n) is 4.62. The Labute approximate surface area is 160 Å². The van der Waals surface area contributed by atoms with Crippen LogP contribution in [0.25, 0.3) is 6.08 Å². The van der Waals surface area contributed by atoms with E-state index in [1.165, 1.54) is 5.41 Å². The first-order valence-electron chi connectivity index (χ1n) is 8.95. The highest BCUT2D eigenvalue weighted by Gasteiger charge is 2.24. The molecule has 1 aromatic carbocycles. The SMILES string of the molecule is O=C(c1cccnc1)N1CCC(CNS(=O)(=O)/C=C/c2ccccc2)CC1. The smallest absolute Gasteiger partial charge is 0.255 e. The lowest BCUT2D eigenvalue weighted by molar-refractivity contribution is 0.0691. The fraction of sp³-hybridized carbons (Fsp3) is 0.300. The molecule has 1 N–H and O–H groups in total. The molecule has 1 fully saturated rings. The number of hydrogen-bond donors (Lipinski definition) is 1. The van der Waals surface area contributed by atoms with Crippen molar-refractivity contribution in [3.63, 3.8) is 0 Å². The van der Waals surface area contributed by atoms with Crippen molar-refractivity contribution in [3.8, 4) is 0 Å². The molecule has 1 aliphatic rings. The average Bonchev–Trinajstić information content (AvgIpc) is 2.72. The summed E-state index contributed by atoms with van der Waals surface area (Å²) >= 11 is 0. The highest BCUT2D eigenvalue weighted by Crippen LogP contribution is 2.18. The topological polar surface area (TPSA) is 79.4 Å². The Kier molecular flexibility index (Phi) is 6.36. The zero-order valence-electron chi connectivity index (χ0n) is 15.0. The summed E-state index contributed by atoms with van der Waals surface area (Å²) in [6.45, 7) is 1.64. The molecule has 0 unspecified atom stereocenters. The van der Waals surface area contributed by atoms with Gasteiger partial charge in [0.1, 0.15) is 0 Å². The Balaban J connectivity index is 1.46. The highest BCUT2D eigenvalue weighted by atomic mass is 32.2. The van der Waals surface area contributed by atoms with Crippen molar-refractivity contribution in [1.82, 2.24) is 14.6 Å². The van der Waals surface area contributed by atoms with Gasteiger partial charge in [-0.15, -0.1) is 0 Å². The van der Waals surface area contributed by atoms with Crippen LogP contribution in [0.5, 0.6) is 0 Å². The molecule has 1 saturated heterocycles. The summed E-state index contributed by atoms with van der Waals surface area (Å²) in [4.78, 5) is 18.2. The number of benzene rings is 1. The summed E-state index contributed by atoms with van der Waals surface area (Å²) in [5.74, 6) is 0.204. The molecular formula is C20H23N3O3S. The molecule has 1 aliphatic heterocycles. The standard InChI is InChI=1S/C20H23N3O3S/c24-20(19-7-4-11-21-16-19)23-12-8-18(9-13-23)15-22-27(25,26)14-10-17-5-2-1-3-6-17/h1-7,10-11,14,16,18,22H,8-9,12-13,15H2/b14-10+. The lowest BCUT2D eigenvalue weighted by Gasteiger charge is -2.32. The zero-order valence-corrected chi connectivity index (χ0v) is 15.8. The van der Waals surface area contributed by atoms with Crippen molar-refractivity contribution in [1.29, 1.82) is 0 Å². The maximum atomic E-state index is 12.4. The molecule has 142 valence electrons. The number of rotatable bonds is 6. The van der Waals surface area contributed by atoms with Gasteiger partial charge in [-0.1, -0.05) is 30.3 Å². The molecule has 1 amide bonds. The van der Waals surface area contributed by atoms with Gasteiger partial charge in [-0.2, -0.15) is 0 Å². The predicted octanol–water partition coefficient (Wildman–Crippen LogP) is 2.52. The molecule has 0 bridgehead atoms. The van der Waals surface area contributed by atoms with Crippen LogP contribution in [0, 0.1) is 5.92 Å². The second-order valence-corrected chi connectivity index (χ2v) is 8.24. The van der Waals surface area contributed by atoms with Crippen molar-refractivity contribution in [2.75, 3.05) is 19.6 Å². The summed E-state index contributed by atoms with van der Waals surface area (Å²) in [5, 5.41) is 1.20. The second-order valence-electron chi connectivity index (χ2n) is 6.58. The minimum absolute atomic E-state index is 0.0204. The maximum Gasteiger partial charge on any atom is 0.255 e. The van der Waals surface area contributed by atoms with Gasteiger partial charge in [0.05, 0.1) is 5.56 Å². The summed E-state index contributed by atoms with van der Waals surface area (Å²) in [6, 6.07) is 12.8. The molecule has 3 rings (SSSR count). The van der Waals surface area contributed by atoms with Gasteiger partial charge in [0.2, 0.25) is 10.0 Å². The number of carbonyl (C=O) groups excluding carboxylic acids is 1. The number of piperidine rings is 1. The van der Waals surface area contributed by atoms with Crippen LogP contribution in [0.15, 0.2) is 60.3 Å². The van der Waals surface area contributed by atoms with Crippen molar-refractivity contribution in [2.45, 2.75) is 12.8 Å². The Hall–Kier alpha value is -2.51. The Bertz CT molecular complexity index is 875. The average molecular weight is 385 g/mol. The summed E-state index contributed by atoms with van der Waals surface area (Å²) in [5.41, 5.74) is 1.42. The number of aromatic nitrogens is 1. The number of nitrogens with one attached hydrogen (secondary N) is 1. The van der Waals surface area contributed by atoms with Gasteiger partial charge in [-0.25, -0.2) is 13.1 Å². The van der Waals surface area contributed by atoms with Crippen molar-refractivity contribution in [3.05, 3.63) is 71.4 Å². The van der Waals surface area contributed by atoms with E-state index in [9.17, 15) is 13.2 Å². The quantitative estimate of drug-likeness (QED) is 0.829. The molecule has 0 radical (unpaired) electrons. The lowest BCUT2D eigenvalue weighted by atomic mass is 9.97. The first kappa shape index (κ1) is 19.3. The van der Waals surface area contributed by atoms with Crippen LogP contribution in [0.4, 0.5) is 0 Å². The van der Waals surface area contributed by atoms with Gasteiger partial charge in [0.15, 0.2) is 0 Å². The summed E-state index contributed by atoms with van der Waals surface area (Å²) in [7, 11) is -3.47. The van der Waals surface area contributed by atoms with Crippen LogP contribution >= 0.6 is 0 Å². The largest absolute Gasteiger partial charge is 0.339 e. The Morgan fingerprint density at radius 3 is 2.56 bits per heavy atom. The minimum atomic E-state index is -3.47. The van der Waals surface area contributed by atoms with Gasteiger partial charge < -0.3 is 4.90 Å². The first-order chi connectivity index (χ1) is 13.0. The van der Waals surface area contributed by atoms with E-state index in [1.54, 1.807) is 35.5 Å². The molecule has 6 nitrogen and oxygen atoms in total. The molecule has 27 heavy (non-hydrogen) atoms. The van der Waals surface area contributed by atoms with E-state index in [-0.39, 0.29) is 11.8 Å².